The lowest BCUT2D eigenvalue weighted by molar-refractivity contribution is 0.246. The molecule has 0 aromatic heterocycles. The molecule has 2 atom stereocenters. The van der Waals surface area contributed by atoms with Gasteiger partial charge in [-0.15, -0.1) is 0 Å². The van der Waals surface area contributed by atoms with Gasteiger partial charge in [-0.05, 0) is 38.9 Å². The van der Waals surface area contributed by atoms with Gasteiger partial charge in [0.2, 0.25) is 0 Å². The molecule has 0 bridgehead atoms. The maximum atomic E-state index is 3.70. The van der Waals surface area contributed by atoms with Gasteiger partial charge in [0.25, 0.3) is 0 Å². The number of likely N-dealkylation sites (N-methyl/N-ethyl adjacent to an activating group) is 1. The molecule has 2 heteroatoms. The number of unbranched alkanes of at least 4 members (excludes halogenated alkanes) is 1. The van der Waals surface area contributed by atoms with Crippen LogP contribution in [0.5, 0.6) is 0 Å². The van der Waals surface area contributed by atoms with Crippen LogP contribution in [0.1, 0.15) is 53.4 Å². The standard InChI is InChI=1S/C14H32N2/c1-6-9-10-13(4)14(15-11-7-2)12-16(5)8-3/h13-15H,6-12H2,1-5H3/t13?,14-/m0/s1. The molecule has 0 aromatic rings. The Morgan fingerprint density at radius 1 is 1.12 bits per heavy atom. The van der Waals surface area contributed by atoms with Crippen LogP contribution < -0.4 is 5.32 Å². The highest BCUT2D eigenvalue weighted by Gasteiger charge is 2.17. The van der Waals surface area contributed by atoms with Crippen LogP contribution in [0.15, 0.2) is 0 Å². The van der Waals surface area contributed by atoms with Crippen LogP contribution >= 0.6 is 0 Å². The van der Waals surface area contributed by atoms with Gasteiger partial charge >= 0.3 is 0 Å². The Morgan fingerprint density at radius 2 is 1.81 bits per heavy atom. The average molecular weight is 228 g/mol. The smallest absolute Gasteiger partial charge is 0.0220 e. The number of rotatable bonds is 10. The third kappa shape index (κ3) is 7.24. The summed E-state index contributed by atoms with van der Waals surface area (Å²) in [6, 6.07) is 0.663. The third-order valence-corrected chi connectivity index (χ3v) is 3.40. The highest BCUT2D eigenvalue weighted by molar-refractivity contribution is 4.76. The van der Waals surface area contributed by atoms with Crippen molar-refractivity contribution in [3.63, 3.8) is 0 Å². The van der Waals surface area contributed by atoms with Crippen molar-refractivity contribution in [3.8, 4) is 0 Å². The summed E-state index contributed by atoms with van der Waals surface area (Å²) in [5, 5.41) is 3.70. The number of nitrogens with zero attached hydrogens (tertiary/aromatic N) is 1. The lowest BCUT2D eigenvalue weighted by Gasteiger charge is -2.29. The summed E-state index contributed by atoms with van der Waals surface area (Å²) < 4.78 is 0. The van der Waals surface area contributed by atoms with Gasteiger partial charge in [-0.2, -0.15) is 0 Å². The molecule has 0 heterocycles. The van der Waals surface area contributed by atoms with E-state index in [9.17, 15) is 0 Å². The fourth-order valence-corrected chi connectivity index (χ4v) is 1.97. The highest BCUT2D eigenvalue weighted by atomic mass is 15.1. The molecule has 0 saturated carbocycles. The van der Waals surface area contributed by atoms with Crippen molar-refractivity contribution in [2.45, 2.75) is 59.4 Å². The summed E-state index contributed by atoms with van der Waals surface area (Å²) in [4.78, 5) is 2.41. The van der Waals surface area contributed by atoms with Crippen LogP contribution in [0, 0.1) is 5.92 Å². The van der Waals surface area contributed by atoms with Gasteiger partial charge in [0.05, 0.1) is 0 Å². The maximum Gasteiger partial charge on any atom is 0.0220 e. The van der Waals surface area contributed by atoms with Crippen LogP contribution in [-0.2, 0) is 0 Å². The Kier molecular flexibility index (Phi) is 10.0. The van der Waals surface area contributed by atoms with Crippen LogP contribution in [0.2, 0.25) is 0 Å². The Morgan fingerprint density at radius 3 is 2.31 bits per heavy atom. The van der Waals surface area contributed by atoms with Crippen molar-refractivity contribution in [3.05, 3.63) is 0 Å². The molecular formula is C14H32N2. The van der Waals surface area contributed by atoms with Gasteiger partial charge in [0, 0.05) is 12.6 Å². The lowest BCUT2D eigenvalue weighted by atomic mass is 9.95. The molecule has 0 fully saturated rings. The van der Waals surface area contributed by atoms with E-state index in [1.807, 2.05) is 0 Å². The Labute approximate surface area is 103 Å². The van der Waals surface area contributed by atoms with E-state index in [4.69, 9.17) is 0 Å². The SMILES string of the molecule is CCCCC(C)[C@H](CN(C)CC)NCCC. The van der Waals surface area contributed by atoms with E-state index in [-0.39, 0.29) is 0 Å². The lowest BCUT2D eigenvalue weighted by Crippen LogP contribution is -2.44. The Balaban J connectivity index is 4.05. The number of hydrogen-bond donors (Lipinski definition) is 1. The van der Waals surface area contributed by atoms with Crippen LogP contribution in [0.25, 0.3) is 0 Å². The maximum absolute atomic E-state index is 3.70. The van der Waals surface area contributed by atoms with Gasteiger partial charge in [-0.3, -0.25) is 0 Å². The second-order valence-electron chi connectivity index (χ2n) is 5.03. The second kappa shape index (κ2) is 10.1. The fraction of sp³-hybridized carbons (Fsp3) is 1.00. The summed E-state index contributed by atoms with van der Waals surface area (Å²) >= 11 is 0. The Hall–Kier alpha value is -0.0800. The van der Waals surface area contributed by atoms with Crippen molar-refractivity contribution in [1.29, 1.82) is 0 Å². The first-order valence-corrected chi connectivity index (χ1v) is 7.07. The van der Waals surface area contributed by atoms with E-state index in [1.165, 1.54) is 32.2 Å². The normalized spacial score (nSPS) is 15.4. The zero-order chi connectivity index (χ0) is 12.4. The van der Waals surface area contributed by atoms with Gasteiger partial charge in [0.1, 0.15) is 0 Å². The van der Waals surface area contributed by atoms with Gasteiger partial charge in [-0.1, -0.05) is 40.5 Å². The topological polar surface area (TPSA) is 15.3 Å². The molecule has 0 amide bonds. The molecule has 2 nitrogen and oxygen atoms in total. The van der Waals surface area contributed by atoms with Crippen molar-refractivity contribution in [2.24, 2.45) is 5.92 Å². The molecule has 0 spiro atoms. The van der Waals surface area contributed by atoms with Crippen LogP contribution in [-0.4, -0.2) is 37.6 Å². The van der Waals surface area contributed by atoms with Gasteiger partial charge in [-0.25, -0.2) is 0 Å². The molecule has 98 valence electrons. The van der Waals surface area contributed by atoms with Gasteiger partial charge < -0.3 is 10.2 Å². The third-order valence-electron chi connectivity index (χ3n) is 3.40. The summed E-state index contributed by atoms with van der Waals surface area (Å²) in [5.74, 6) is 0.792. The highest BCUT2D eigenvalue weighted by Crippen LogP contribution is 2.13. The summed E-state index contributed by atoms with van der Waals surface area (Å²) in [5.41, 5.74) is 0. The summed E-state index contributed by atoms with van der Waals surface area (Å²) in [6.45, 7) is 12.6. The molecule has 0 aliphatic carbocycles. The van der Waals surface area contributed by atoms with E-state index in [2.05, 4.69) is 45.0 Å². The van der Waals surface area contributed by atoms with Crippen molar-refractivity contribution < 1.29 is 0 Å². The average Bonchev–Trinajstić information content (AvgIpc) is 2.30. The monoisotopic (exact) mass is 228 g/mol. The van der Waals surface area contributed by atoms with E-state index in [0.717, 1.165) is 19.0 Å². The van der Waals surface area contributed by atoms with Crippen molar-refractivity contribution >= 4 is 0 Å². The minimum Gasteiger partial charge on any atom is -0.312 e. The fourth-order valence-electron chi connectivity index (χ4n) is 1.97. The van der Waals surface area contributed by atoms with Gasteiger partial charge in [0.15, 0.2) is 0 Å². The first-order chi connectivity index (χ1) is 7.65. The van der Waals surface area contributed by atoms with Crippen LogP contribution in [0.3, 0.4) is 0 Å². The minimum absolute atomic E-state index is 0.663. The summed E-state index contributed by atoms with van der Waals surface area (Å²) in [6.07, 6.45) is 5.26. The van der Waals surface area contributed by atoms with E-state index in [0.29, 0.717) is 6.04 Å². The molecule has 0 aromatic carbocycles. The minimum atomic E-state index is 0.663. The van der Waals surface area contributed by atoms with E-state index < -0.39 is 0 Å². The molecule has 16 heavy (non-hydrogen) atoms. The predicted molar refractivity (Wildman–Crippen MR) is 73.9 cm³/mol. The summed E-state index contributed by atoms with van der Waals surface area (Å²) in [7, 11) is 2.22. The van der Waals surface area contributed by atoms with Crippen molar-refractivity contribution in [1.82, 2.24) is 10.2 Å². The first-order valence-electron chi connectivity index (χ1n) is 7.07. The van der Waals surface area contributed by atoms with E-state index in [1.54, 1.807) is 0 Å². The molecule has 0 rings (SSSR count). The zero-order valence-electron chi connectivity index (χ0n) is 12.1. The molecular weight excluding hydrogens is 196 g/mol. The largest absolute Gasteiger partial charge is 0.312 e. The molecule has 0 saturated heterocycles. The molecule has 0 aliphatic rings. The zero-order valence-corrected chi connectivity index (χ0v) is 12.1. The molecule has 0 radical (unpaired) electrons. The molecule has 1 N–H and O–H groups in total. The quantitative estimate of drug-likeness (QED) is 0.618. The number of nitrogens with one attached hydrogen (secondary N) is 1. The first kappa shape index (κ1) is 15.9. The Bertz CT molecular complexity index is 148. The van der Waals surface area contributed by atoms with Crippen LogP contribution in [0.4, 0.5) is 0 Å². The van der Waals surface area contributed by atoms with Crippen molar-refractivity contribution in [2.75, 3.05) is 26.7 Å². The molecule has 1 unspecified atom stereocenters. The second-order valence-corrected chi connectivity index (χ2v) is 5.03. The predicted octanol–water partition coefficient (Wildman–Crippen LogP) is 3.13. The number of hydrogen-bond acceptors (Lipinski definition) is 2. The molecule has 0 aliphatic heterocycles. The van der Waals surface area contributed by atoms with E-state index >= 15 is 0 Å².